The fraction of sp³-hybridized carbons (Fsp3) is 0.238. The number of ether oxygens (including phenoxy) is 3. The van der Waals surface area contributed by atoms with Gasteiger partial charge < -0.3 is 24.8 Å². The highest BCUT2D eigenvalue weighted by molar-refractivity contribution is 5.66. The van der Waals surface area contributed by atoms with Crippen molar-refractivity contribution >= 4 is 17.5 Å². The number of nitrogens with zero attached hydrogens (tertiary/aromatic N) is 2. The molecule has 0 aliphatic rings. The van der Waals surface area contributed by atoms with Crippen molar-refractivity contribution < 1.29 is 18.6 Å². The van der Waals surface area contributed by atoms with Crippen LogP contribution in [-0.4, -0.2) is 37.8 Å². The van der Waals surface area contributed by atoms with E-state index in [0.29, 0.717) is 47.5 Å². The van der Waals surface area contributed by atoms with Crippen LogP contribution in [0.1, 0.15) is 5.56 Å². The molecule has 0 unspecified atom stereocenters. The van der Waals surface area contributed by atoms with E-state index in [2.05, 4.69) is 20.6 Å². The number of halogens is 1. The summed E-state index contributed by atoms with van der Waals surface area (Å²) in [6.45, 7) is 0.509. The zero-order chi connectivity index (χ0) is 20.6. The third-order valence-corrected chi connectivity index (χ3v) is 4.23. The number of rotatable bonds is 9. The molecule has 0 saturated heterocycles. The molecule has 2 N–H and O–H groups in total. The molecule has 1 heterocycles. The molecule has 0 amide bonds. The third kappa shape index (κ3) is 5.04. The summed E-state index contributed by atoms with van der Waals surface area (Å²) in [5.41, 5.74) is 1.36. The first-order chi connectivity index (χ1) is 14.1. The van der Waals surface area contributed by atoms with E-state index in [-0.39, 0.29) is 5.82 Å². The minimum absolute atomic E-state index is 0.215. The molecule has 29 heavy (non-hydrogen) atoms. The maximum Gasteiger partial charge on any atom is 0.224 e. The van der Waals surface area contributed by atoms with Crippen LogP contribution in [0.25, 0.3) is 0 Å². The van der Waals surface area contributed by atoms with Crippen LogP contribution in [-0.2, 0) is 6.42 Å². The molecule has 3 aromatic rings. The average molecular weight is 398 g/mol. The highest BCUT2D eigenvalue weighted by Gasteiger charge is 2.13. The molecular weight excluding hydrogens is 375 g/mol. The second-order valence-corrected chi connectivity index (χ2v) is 6.07. The summed E-state index contributed by atoms with van der Waals surface area (Å²) in [7, 11) is 4.67. The molecule has 2 aromatic carbocycles. The van der Waals surface area contributed by atoms with E-state index >= 15 is 0 Å². The highest BCUT2D eigenvalue weighted by Crippen LogP contribution is 2.40. The largest absolute Gasteiger partial charge is 0.493 e. The smallest absolute Gasteiger partial charge is 0.224 e. The maximum absolute atomic E-state index is 13.7. The highest BCUT2D eigenvalue weighted by atomic mass is 19.1. The van der Waals surface area contributed by atoms with E-state index in [1.54, 1.807) is 57.9 Å². The molecule has 3 rings (SSSR count). The molecule has 1 aromatic heterocycles. The maximum atomic E-state index is 13.7. The summed E-state index contributed by atoms with van der Waals surface area (Å²) in [6.07, 6.45) is 2.17. The molecule has 0 atom stereocenters. The van der Waals surface area contributed by atoms with Gasteiger partial charge in [-0.1, -0.05) is 18.2 Å². The van der Waals surface area contributed by atoms with Gasteiger partial charge in [-0.15, -0.1) is 0 Å². The van der Waals surface area contributed by atoms with Crippen LogP contribution in [0.3, 0.4) is 0 Å². The molecular formula is C21H23FN4O3. The molecule has 0 aliphatic heterocycles. The Bertz CT molecular complexity index is 943. The van der Waals surface area contributed by atoms with Crippen LogP contribution >= 0.6 is 0 Å². The monoisotopic (exact) mass is 398 g/mol. The van der Waals surface area contributed by atoms with Gasteiger partial charge in [0.05, 0.1) is 21.3 Å². The second-order valence-electron chi connectivity index (χ2n) is 6.07. The van der Waals surface area contributed by atoms with Crippen LogP contribution in [0.2, 0.25) is 0 Å². The number of hydrogen-bond acceptors (Lipinski definition) is 7. The van der Waals surface area contributed by atoms with Gasteiger partial charge >= 0.3 is 0 Å². The van der Waals surface area contributed by atoms with Gasteiger partial charge in [0.1, 0.15) is 11.6 Å². The Balaban J connectivity index is 1.69. The van der Waals surface area contributed by atoms with E-state index < -0.39 is 0 Å². The van der Waals surface area contributed by atoms with Crippen molar-refractivity contribution in [3.05, 3.63) is 60.0 Å². The summed E-state index contributed by atoms with van der Waals surface area (Å²) in [4.78, 5) is 8.64. The van der Waals surface area contributed by atoms with Crippen molar-refractivity contribution in [3.8, 4) is 17.2 Å². The molecule has 7 nitrogen and oxygen atoms in total. The van der Waals surface area contributed by atoms with Gasteiger partial charge in [0.25, 0.3) is 0 Å². The van der Waals surface area contributed by atoms with Crippen molar-refractivity contribution in [3.63, 3.8) is 0 Å². The van der Waals surface area contributed by atoms with Gasteiger partial charge in [0.15, 0.2) is 11.5 Å². The summed E-state index contributed by atoms with van der Waals surface area (Å²) >= 11 is 0. The Labute approximate surface area is 168 Å². The predicted molar refractivity (Wildman–Crippen MR) is 110 cm³/mol. The number of nitrogens with one attached hydrogen (secondary N) is 2. The van der Waals surface area contributed by atoms with Crippen LogP contribution < -0.4 is 24.8 Å². The minimum atomic E-state index is -0.215. The third-order valence-electron chi connectivity index (χ3n) is 4.23. The molecule has 0 aliphatic carbocycles. The Morgan fingerprint density at radius 2 is 1.69 bits per heavy atom. The van der Waals surface area contributed by atoms with Crippen molar-refractivity contribution in [2.75, 3.05) is 38.5 Å². The van der Waals surface area contributed by atoms with Gasteiger partial charge in [0, 0.05) is 30.6 Å². The van der Waals surface area contributed by atoms with Gasteiger partial charge in [-0.3, -0.25) is 0 Å². The Morgan fingerprint density at radius 1 is 0.966 bits per heavy atom. The van der Waals surface area contributed by atoms with Gasteiger partial charge in [-0.25, -0.2) is 9.37 Å². The molecule has 0 bridgehead atoms. The summed E-state index contributed by atoms with van der Waals surface area (Å²) < 4.78 is 29.8. The first-order valence-electron chi connectivity index (χ1n) is 9.02. The van der Waals surface area contributed by atoms with Gasteiger partial charge in [-0.05, 0) is 24.1 Å². The van der Waals surface area contributed by atoms with Crippen molar-refractivity contribution in [1.29, 1.82) is 0 Å². The lowest BCUT2D eigenvalue weighted by Gasteiger charge is -2.15. The number of hydrogen-bond donors (Lipinski definition) is 2. The number of methoxy groups -OCH3 is 3. The number of anilines is 3. The fourth-order valence-electron chi connectivity index (χ4n) is 2.82. The van der Waals surface area contributed by atoms with Crippen LogP contribution in [0, 0.1) is 5.82 Å². The first-order valence-corrected chi connectivity index (χ1v) is 9.02. The van der Waals surface area contributed by atoms with E-state index in [1.807, 2.05) is 6.07 Å². The van der Waals surface area contributed by atoms with Crippen LogP contribution in [0.5, 0.6) is 17.2 Å². The van der Waals surface area contributed by atoms with E-state index in [4.69, 9.17) is 14.2 Å². The average Bonchev–Trinajstić information content (AvgIpc) is 2.74. The standard InChI is InChI=1S/C21H23FN4O3/c1-27-17-12-15(13-18(28-2)20(17)29-3)25-19-9-11-24-21(26-19)23-10-8-14-6-4-5-7-16(14)22/h4-7,9,11-13H,8,10H2,1-3H3,(H2,23,24,25,26). The quantitative estimate of drug-likeness (QED) is 0.563. The summed E-state index contributed by atoms with van der Waals surface area (Å²) in [5.74, 6) is 2.39. The Kier molecular flexibility index (Phi) is 6.67. The predicted octanol–water partition coefficient (Wildman–Crippen LogP) is 4.04. The minimum Gasteiger partial charge on any atom is -0.493 e. The number of aromatic nitrogens is 2. The number of benzene rings is 2. The summed E-state index contributed by atoms with van der Waals surface area (Å²) in [6, 6.07) is 12.0. The van der Waals surface area contributed by atoms with Crippen LogP contribution in [0.4, 0.5) is 21.8 Å². The van der Waals surface area contributed by atoms with Crippen molar-refractivity contribution in [2.45, 2.75) is 6.42 Å². The molecule has 0 fully saturated rings. The van der Waals surface area contributed by atoms with Gasteiger partial charge in [0.2, 0.25) is 11.7 Å². The molecule has 152 valence electrons. The van der Waals surface area contributed by atoms with Crippen molar-refractivity contribution in [1.82, 2.24) is 9.97 Å². The summed E-state index contributed by atoms with van der Waals surface area (Å²) in [5, 5.41) is 6.31. The zero-order valence-corrected chi connectivity index (χ0v) is 16.5. The Hall–Kier alpha value is -3.55. The molecule has 0 spiro atoms. The fourth-order valence-corrected chi connectivity index (χ4v) is 2.82. The lowest BCUT2D eigenvalue weighted by atomic mass is 10.1. The SMILES string of the molecule is COc1cc(Nc2ccnc(NCCc3ccccc3F)n2)cc(OC)c1OC. The van der Waals surface area contributed by atoms with Gasteiger partial charge in [-0.2, -0.15) is 4.98 Å². The lowest BCUT2D eigenvalue weighted by molar-refractivity contribution is 0.324. The normalized spacial score (nSPS) is 10.3. The Morgan fingerprint density at radius 3 is 2.34 bits per heavy atom. The zero-order valence-electron chi connectivity index (χ0n) is 16.5. The molecule has 0 radical (unpaired) electrons. The van der Waals surface area contributed by atoms with Crippen molar-refractivity contribution in [2.24, 2.45) is 0 Å². The van der Waals surface area contributed by atoms with E-state index in [9.17, 15) is 4.39 Å². The molecule has 8 heteroatoms. The molecule has 0 saturated carbocycles. The van der Waals surface area contributed by atoms with Crippen LogP contribution in [0.15, 0.2) is 48.7 Å². The lowest BCUT2D eigenvalue weighted by Crippen LogP contribution is -2.09. The first kappa shape index (κ1) is 20.2. The van der Waals surface area contributed by atoms with E-state index in [1.165, 1.54) is 6.07 Å². The second kappa shape index (κ2) is 9.59. The topological polar surface area (TPSA) is 77.5 Å². The van der Waals surface area contributed by atoms with E-state index in [0.717, 1.165) is 5.69 Å².